The SMILES string of the molecule is COc1cc(C2NC(=O)c3ccccc3N2)ccc1OCCCCCCCOc1c(OC)cc(C2=NOC(c3cc(OC)c(OC)c(OC)c3)C2)cc1OC. The Hall–Kier alpha value is -5.98. The second-order valence-electron chi connectivity index (χ2n) is 13.0. The van der Waals surface area contributed by atoms with Gasteiger partial charge in [0.25, 0.3) is 5.91 Å². The minimum atomic E-state index is -0.367. The number of nitrogens with zero attached hydrogens (tertiary/aromatic N) is 1. The number of rotatable bonds is 19. The molecule has 0 fully saturated rings. The molecule has 2 unspecified atom stereocenters. The van der Waals surface area contributed by atoms with Crippen LogP contribution >= 0.6 is 0 Å². The number of amides is 1. The van der Waals surface area contributed by atoms with Crippen LogP contribution < -0.4 is 48.5 Å². The van der Waals surface area contributed by atoms with Crippen LogP contribution in [0.15, 0.2) is 71.9 Å². The molecule has 0 aromatic heterocycles. The van der Waals surface area contributed by atoms with E-state index in [0.717, 1.165) is 60.2 Å². The zero-order valence-electron chi connectivity index (χ0n) is 32.2. The monoisotopic (exact) mass is 755 g/mol. The Morgan fingerprint density at radius 2 is 1.22 bits per heavy atom. The van der Waals surface area contributed by atoms with E-state index >= 15 is 0 Å². The summed E-state index contributed by atoms with van der Waals surface area (Å²) in [6, 6.07) is 20.7. The summed E-state index contributed by atoms with van der Waals surface area (Å²) in [7, 11) is 9.56. The molecule has 0 radical (unpaired) electrons. The third-order valence-corrected chi connectivity index (χ3v) is 9.58. The number of carbonyl (C=O) groups is 1. The average Bonchev–Trinajstić information content (AvgIpc) is 3.73. The van der Waals surface area contributed by atoms with Crippen molar-refractivity contribution in [3.8, 4) is 46.0 Å². The zero-order valence-corrected chi connectivity index (χ0v) is 32.2. The Morgan fingerprint density at radius 1 is 0.618 bits per heavy atom. The molecule has 0 spiro atoms. The fourth-order valence-corrected chi connectivity index (χ4v) is 6.65. The molecule has 0 saturated carbocycles. The Labute approximate surface area is 321 Å². The van der Waals surface area contributed by atoms with Crippen molar-refractivity contribution >= 4 is 17.3 Å². The lowest BCUT2D eigenvalue weighted by molar-refractivity contribution is 0.0853. The summed E-state index contributed by atoms with van der Waals surface area (Å²) < 4.78 is 45.8. The molecule has 13 nitrogen and oxygen atoms in total. The Bertz CT molecular complexity index is 1930. The van der Waals surface area contributed by atoms with Crippen LogP contribution in [0.2, 0.25) is 0 Å². The molecule has 2 aliphatic heterocycles. The van der Waals surface area contributed by atoms with Gasteiger partial charge in [-0.05, 0) is 66.9 Å². The number of hydrogen-bond donors (Lipinski definition) is 2. The van der Waals surface area contributed by atoms with Crippen LogP contribution in [0.3, 0.4) is 0 Å². The Kier molecular flexibility index (Phi) is 12.9. The Morgan fingerprint density at radius 3 is 1.87 bits per heavy atom. The van der Waals surface area contributed by atoms with Crippen molar-refractivity contribution in [2.75, 3.05) is 61.2 Å². The summed E-state index contributed by atoms with van der Waals surface area (Å²) in [4.78, 5) is 18.4. The molecule has 2 atom stereocenters. The number of benzene rings is 4. The lowest BCUT2D eigenvalue weighted by atomic mass is 9.99. The van der Waals surface area contributed by atoms with Crippen LogP contribution in [0.25, 0.3) is 0 Å². The van der Waals surface area contributed by atoms with Crippen LogP contribution in [0.1, 0.15) is 77.8 Å². The quantitative estimate of drug-likeness (QED) is 0.0906. The summed E-state index contributed by atoms with van der Waals surface area (Å²) in [5.74, 6) is 4.44. The highest BCUT2D eigenvalue weighted by atomic mass is 16.6. The lowest BCUT2D eigenvalue weighted by Gasteiger charge is -2.28. The van der Waals surface area contributed by atoms with Gasteiger partial charge in [0.05, 0.1) is 67.1 Å². The van der Waals surface area contributed by atoms with Gasteiger partial charge in [-0.2, -0.15) is 0 Å². The van der Waals surface area contributed by atoms with Crippen molar-refractivity contribution in [1.82, 2.24) is 5.32 Å². The molecule has 2 N–H and O–H groups in total. The largest absolute Gasteiger partial charge is 0.493 e. The fourth-order valence-electron chi connectivity index (χ4n) is 6.65. The van der Waals surface area contributed by atoms with E-state index in [-0.39, 0.29) is 18.2 Å². The number of carbonyl (C=O) groups excluding carboxylic acids is 1. The number of para-hydroxylation sites is 1. The first-order valence-corrected chi connectivity index (χ1v) is 18.3. The molecular formula is C42H49N3O10. The number of nitrogens with one attached hydrogen (secondary N) is 2. The predicted molar refractivity (Wildman–Crippen MR) is 208 cm³/mol. The highest BCUT2D eigenvalue weighted by Gasteiger charge is 2.29. The highest BCUT2D eigenvalue weighted by molar-refractivity contribution is 6.02. The van der Waals surface area contributed by atoms with E-state index in [2.05, 4.69) is 15.8 Å². The summed E-state index contributed by atoms with van der Waals surface area (Å²) in [6.07, 6.45) is 4.64. The van der Waals surface area contributed by atoms with Gasteiger partial charge >= 0.3 is 0 Å². The summed E-state index contributed by atoms with van der Waals surface area (Å²) in [5.41, 5.74) is 4.71. The van der Waals surface area contributed by atoms with Crippen LogP contribution in [-0.2, 0) is 4.84 Å². The number of oxime groups is 1. The van der Waals surface area contributed by atoms with E-state index in [1.54, 1.807) is 48.7 Å². The number of hydrogen-bond acceptors (Lipinski definition) is 12. The van der Waals surface area contributed by atoms with Crippen LogP contribution in [0.4, 0.5) is 5.69 Å². The molecule has 292 valence electrons. The highest BCUT2D eigenvalue weighted by Crippen LogP contribution is 2.44. The number of anilines is 1. The second kappa shape index (κ2) is 18.4. The van der Waals surface area contributed by atoms with Gasteiger partial charge in [-0.25, -0.2) is 0 Å². The first-order chi connectivity index (χ1) is 26.9. The Balaban J connectivity index is 0.942. The molecule has 0 aliphatic carbocycles. The summed E-state index contributed by atoms with van der Waals surface area (Å²) >= 11 is 0. The smallest absolute Gasteiger partial charge is 0.255 e. The topological polar surface area (TPSA) is 137 Å². The normalized spacial score (nSPS) is 15.7. The fraction of sp³-hybridized carbons (Fsp3) is 0.381. The van der Waals surface area contributed by atoms with Gasteiger partial charge in [0, 0.05) is 23.2 Å². The van der Waals surface area contributed by atoms with Gasteiger partial charge in [-0.1, -0.05) is 42.6 Å². The van der Waals surface area contributed by atoms with E-state index in [1.165, 1.54) is 0 Å². The van der Waals surface area contributed by atoms with Gasteiger partial charge in [0.1, 0.15) is 6.17 Å². The van der Waals surface area contributed by atoms with E-state index in [0.29, 0.717) is 71.2 Å². The number of ether oxygens (including phenoxy) is 8. The molecule has 0 saturated heterocycles. The van der Waals surface area contributed by atoms with Crippen molar-refractivity contribution in [3.63, 3.8) is 0 Å². The first kappa shape index (κ1) is 38.7. The lowest BCUT2D eigenvalue weighted by Crippen LogP contribution is -2.38. The number of methoxy groups -OCH3 is 6. The molecular weight excluding hydrogens is 706 g/mol. The van der Waals surface area contributed by atoms with Crippen LogP contribution in [0.5, 0.6) is 46.0 Å². The molecule has 6 rings (SSSR count). The third-order valence-electron chi connectivity index (χ3n) is 9.58. The number of unbranched alkanes of at least 4 members (excludes halogenated alkanes) is 4. The molecule has 0 bridgehead atoms. The molecule has 4 aromatic rings. The molecule has 4 aromatic carbocycles. The first-order valence-electron chi connectivity index (χ1n) is 18.3. The molecule has 2 heterocycles. The predicted octanol–water partition coefficient (Wildman–Crippen LogP) is 7.87. The minimum Gasteiger partial charge on any atom is -0.493 e. The van der Waals surface area contributed by atoms with E-state index in [1.807, 2.05) is 60.7 Å². The van der Waals surface area contributed by atoms with Gasteiger partial charge in [0.15, 0.2) is 40.6 Å². The van der Waals surface area contributed by atoms with Gasteiger partial charge in [0.2, 0.25) is 11.5 Å². The van der Waals surface area contributed by atoms with Crippen molar-refractivity contribution < 1.29 is 47.5 Å². The molecule has 55 heavy (non-hydrogen) atoms. The van der Waals surface area contributed by atoms with E-state index in [4.69, 9.17) is 42.7 Å². The average molecular weight is 756 g/mol. The van der Waals surface area contributed by atoms with Gasteiger partial charge in [-0.15, -0.1) is 0 Å². The summed E-state index contributed by atoms with van der Waals surface area (Å²) in [6.45, 7) is 1.08. The maximum Gasteiger partial charge on any atom is 0.255 e. The van der Waals surface area contributed by atoms with Gasteiger partial charge in [-0.3, -0.25) is 4.79 Å². The van der Waals surface area contributed by atoms with Crippen molar-refractivity contribution in [2.45, 2.75) is 50.8 Å². The third kappa shape index (κ3) is 8.88. The molecule has 2 aliphatic rings. The molecule has 13 heteroatoms. The minimum absolute atomic E-state index is 0.116. The second-order valence-corrected chi connectivity index (χ2v) is 13.0. The summed E-state index contributed by atoms with van der Waals surface area (Å²) in [5, 5.41) is 10.8. The number of fused-ring (bicyclic) bond motifs is 1. The molecule has 1 amide bonds. The zero-order chi connectivity index (χ0) is 38.7. The van der Waals surface area contributed by atoms with Crippen molar-refractivity contribution in [2.24, 2.45) is 5.16 Å². The standard InChI is InChI=1S/C42H49N3O10/c1-47-34-20-26(41-43-30-15-11-10-14-29(30)42(46)44-41)16-17-32(34)53-18-12-8-7-9-13-19-54-40-37(50-4)21-27(22-38(40)51-5)31-25-33(55-45-31)28-23-35(48-2)39(52-6)36(24-28)49-3/h10-11,14-17,20-24,33,41,43H,7-9,12-13,18-19,25H2,1-6H3,(H,44,46). The maximum atomic E-state index is 12.6. The van der Waals surface area contributed by atoms with Crippen molar-refractivity contribution in [1.29, 1.82) is 0 Å². The van der Waals surface area contributed by atoms with Gasteiger partial charge < -0.3 is 53.4 Å². The van der Waals surface area contributed by atoms with E-state index < -0.39 is 0 Å². The maximum absolute atomic E-state index is 12.6. The van der Waals surface area contributed by atoms with E-state index in [9.17, 15) is 4.79 Å². The van der Waals surface area contributed by atoms with Crippen molar-refractivity contribution in [3.05, 3.63) is 89.0 Å². The van der Waals surface area contributed by atoms with Crippen LogP contribution in [-0.4, -0.2) is 67.5 Å². The van der Waals surface area contributed by atoms with Crippen LogP contribution in [0, 0.1) is 0 Å².